The van der Waals surface area contributed by atoms with Crippen LogP contribution in [0.2, 0.25) is 0 Å². The van der Waals surface area contributed by atoms with Crippen LogP contribution < -0.4 is 5.73 Å². The molecular weight excluding hydrogens is 206 g/mol. The van der Waals surface area contributed by atoms with Gasteiger partial charge in [0.25, 0.3) is 0 Å². The fraction of sp³-hybridized carbons (Fsp3) is 1.00. The van der Waals surface area contributed by atoms with E-state index in [1.54, 1.807) is 0 Å². The molecule has 4 atom stereocenters. The molecule has 0 aromatic rings. The summed E-state index contributed by atoms with van der Waals surface area (Å²) < 4.78 is 0. The lowest BCUT2D eigenvalue weighted by atomic mass is 9.66. The minimum atomic E-state index is 0.550. The summed E-state index contributed by atoms with van der Waals surface area (Å²) in [6.45, 7) is 2.43. The zero-order valence-corrected chi connectivity index (χ0v) is 11.4. The van der Waals surface area contributed by atoms with Crippen molar-refractivity contribution in [3.8, 4) is 0 Å². The van der Waals surface area contributed by atoms with Crippen molar-refractivity contribution in [2.45, 2.75) is 70.8 Å². The van der Waals surface area contributed by atoms with E-state index in [4.69, 9.17) is 5.73 Å². The molecule has 17 heavy (non-hydrogen) atoms. The first kappa shape index (κ1) is 12.0. The normalized spacial score (nSPS) is 51.2. The molecule has 0 amide bonds. The summed E-state index contributed by atoms with van der Waals surface area (Å²) in [5.41, 5.74) is 6.45. The highest BCUT2D eigenvalue weighted by molar-refractivity contribution is 5.01. The zero-order chi connectivity index (χ0) is 11.8. The van der Waals surface area contributed by atoms with E-state index >= 15 is 0 Å². The monoisotopic (exact) mass is 235 g/mol. The highest BCUT2D eigenvalue weighted by Crippen LogP contribution is 2.54. The first-order valence-electron chi connectivity index (χ1n) is 8.01. The molecule has 2 N–H and O–H groups in total. The van der Waals surface area contributed by atoms with Crippen LogP contribution in [0.3, 0.4) is 0 Å². The minimum absolute atomic E-state index is 0.550. The van der Waals surface area contributed by atoms with Gasteiger partial charge in [-0.25, -0.2) is 0 Å². The Balaban J connectivity index is 1.62. The average Bonchev–Trinajstić information content (AvgIpc) is 2.46. The van der Waals surface area contributed by atoms with Crippen LogP contribution in [0.15, 0.2) is 0 Å². The van der Waals surface area contributed by atoms with E-state index < -0.39 is 0 Å². The average molecular weight is 235 g/mol. The lowest BCUT2D eigenvalue weighted by Gasteiger charge is -2.39. The SMILES string of the molecule is CC1CCCC([C@@H]2C(N)CC3CC[C@@H]32)CCC1. The zero-order valence-electron chi connectivity index (χ0n) is 11.4. The van der Waals surface area contributed by atoms with Crippen LogP contribution in [0, 0.1) is 29.6 Å². The maximum Gasteiger partial charge on any atom is 0.00753 e. The molecule has 3 rings (SSSR count). The van der Waals surface area contributed by atoms with E-state index in [-0.39, 0.29) is 0 Å². The summed E-state index contributed by atoms with van der Waals surface area (Å²) in [4.78, 5) is 0. The van der Waals surface area contributed by atoms with Crippen LogP contribution in [-0.2, 0) is 0 Å². The highest BCUT2D eigenvalue weighted by atomic mass is 14.7. The number of fused-ring (bicyclic) bond motifs is 1. The van der Waals surface area contributed by atoms with E-state index in [0.29, 0.717) is 6.04 Å². The van der Waals surface area contributed by atoms with Crippen molar-refractivity contribution in [3.05, 3.63) is 0 Å². The van der Waals surface area contributed by atoms with Gasteiger partial charge in [0.15, 0.2) is 0 Å². The lowest BCUT2D eigenvalue weighted by molar-refractivity contribution is 0.111. The van der Waals surface area contributed by atoms with Crippen molar-refractivity contribution in [2.75, 3.05) is 0 Å². The number of rotatable bonds is 1. The molecule has 3 aliphatic carbocycles. The van der Waals surface area contributed by atoms with Gasteiger partial charge in [-0.05, 0) is 48.9 Å². The van der Waals surface area contributed by atoms with Gasteiger partial charge in [-0.3, -0.25) is 0 Å². The summed E-state index contributed by atoms with van der Waals surface area (Å²) >= 11 is 0. The van der Waals surface area contributed by atoms with E-state index in [0.717, 1.165) is 29.6 Å². The Morgan fingerprint density at radius 3 is 2.06 bits per heavy atom. The fourth-order valence-electron chi connectivity index (χ4n) is 5.05. The third kappa shape index (κ3) is 2.28. The molecule has 0 aromatic carbocycles. The van der Waals surface area contributed by atoms with Gasteiger partial charge in [0, 0.05) is 6.04 Å². The minimum Gasteiger partial charge on any atom is -0.327 e. The molecule has 1 heteroatoms. The Bertz CT molecular complexity index is 252. The Kier molecular flexibility index (Phi) is 3.47. The molecule has 0 aromatic heterocycles. The summed E-state index contributed by atoms with van der Waals surface area (Å²) in [6.07, 6.45) is 13.1. The highest BCUT2D eigenvalue weighted by Gasteiger charge is 2.48. The second-order valence-electron chi connectivity index (χ2n) is 7.21. The molecule has 2 unspecified atom stereocenters. The van der Waals surface area contributed by atoms with Crippen LogP contribution >= 0.6 is 0 Å². The largest absolute Gasteiger partial charge is 0.327 e. The third-order valence-electron chi connectivity index (χ3n) is 6.13. The van der Waals surface area contributed by atoms with E-state index in [1.165, 1.54) is 57.8 Å². The van der Waals surface area contributed by atoms with Crippen molar-refractivity contribution < 1.29 is 0 Å². The number of nitrogens with two attached hydrogens (primary N) is 1. The Hall–Kier alpha value is -0.0400. The smallest absolute Gasteiger partial charge is 0.00753 e. The van der Waals surface area contributed by atoms with Gasteiger partial charge in [0.2, 0.25) is 0 Å². The van der Waals surface area contributed by atoms with Gasteiger partial charge in [-0.15, -0.1) is 0 Å². The van der Waals surface area contributed by atoms with Crippen LogP contribution in [0.25, 0.3) is 0 Å². The van der Waals surface area contributed by atoms with Crippen molar-refractivity contribution in [1.82, 2.24) is 0 Å². The fourth-order valence-corrected chi connectivity index (χ4v) is 5.05. The predicted molar refractivity (Wildman–Crippen MR) is 72.7 cm³/mol. The molecule has 98 valence electrons. The number of hydrogen-bond donors (Lipinski definition) is 1. The van der Waals surface area contributed by atoms with Crippen molar-refractivity contribution in [3.63, 3.8) is 0 Å². The molecule has 0 spiro atoms. The van der Waals surface area contributed by atoms with E-state index in [9.17, 15) is 0 Å². The van der Waals surface area contributed by atoms with Crippen molar-refractivity contribution in [1.29, 1.82) is 0 Å². The summed E-state index contributed by atoms with van der Waals surface area (Å²) in [7, 11) is 0. The molecule has 3 fully saturated rings. The molecule has 0 bridgehead atoms. The van der Waals surface area contributed by atoms with Crippen molar-refractivity contribution >= 4 is 0 Å². The van der Waals surface area contributed by atoms with E-state index in [2.05, 4.69) is 6.92 Å². The van der Waals surface area contributed by atoms with Gasteiger partial charge in [0.1, 0.15) is 0 Å². The first-order valence-corrected chi connectivity index (χ1v) is 8.01. The molecule has 0 radical (unpaired) electrons. The van der Waals surface area contributed by atoms with Crippen LogP contribution in [0.1, 0.15) is 64.7 Å². The number of hydrogen-bond acceptors (Lipinski definition) is 1. The lowest BCUT2D eigenvalue weighted by Crippen LogP contribution is -2.36. The molecule has 3 saturated carbocycles. The predicted octanol–water partition coefficient (Wildman–Crippen LogP) is 3.97. The van der Waals surface area contributed by atoms with Gasteiger partial charge in [-0.1, -0.05) is 45.4 Å². The maximum atomic E-state index is 6.45. The summed E-state index contributed by atoms with van der Waals surface area (Å²) in [6, 6.07) is 0.550. The molecule has 1 nitrogen and oxygen atoms in total. The second-order valence-corrected chi connectivity index (χ2v) is 7.21. The third-order valence-corrected chi connectivity index (χ3v) is 6.13. The first-order chi connectivity index (χ1) is 8.25. The van der Waals surface area contributed by atoms with Gasteiger partial charge >= 0.3 is 0 Å². The van der Waals surface area contributed by atoms with Crippen LogP contribution in [-0.4, -0.2) is 6.04 Å². The van der Waals surface area contributed by atoms with Gasteiger partial charge in [-0.2, -0.15) is 0 Å². The van der Waals surface area contributed by atoms with Crippen molar-refractivity contribution in [2.24, 2.45) is 35.3 Å². The Labute approximate surface area is 107 Å². The molecule has 0 saturated heterocycles. The quantitative estimate of drug-likeness (QED) is 0.731. The van der Waals surface area contributed by atoms with Gasteiger partial charge < -0.3 is 5.73 Å². The summed E-state index contributed by atoms with van der Waals surface area (Å²) in [5.74, 6) is 4.92. The van der Waals surface area contributed by atoms with E-state index in [1.807, 2.05) is 0 Å². The van der Waals surface area contributed by atoms with Crippen LogP contribution in [0.5, 0.6) is 0 Å². The topological polar surface area (TPSA) is 26.0 Å². The van der Waals surface area contributed by atoms with Crippen LogP contribution in [0.4, 0.5) is 0 Å². The standard InChI is InChI=1S/C16H29N/c1-11-4-2-6-12(7-3-5-11)16-14-9-8-13(14)10-15(16)17/h11-16H,2-10,17H2,1H3/t11?,12?,13?,14-,15?,16-/m0/s1. The molecular formula is C16H29N. The Morgan fingerprint density at radius 1 is 0.824 bits per heavy atom. The second kappa shape index (κ2) is 4.91. The maximum absolute atomic E-state index is 6.45. The Morgan fingerprint density at radius 2 is 1.53 bits per heavy atom. The molecule has 0 heterocycles. The molecule has 0 aliphatic heterocycles. The molecule has 3 aliphatic rings. The van der Waals surface area contributed by atoms with Gasteiger partial charge in [0.05, 0.1) is 0 Å². The summed E-state index contributed by atoms with van der Waals surface area (Å²) in [5, 5.41) is 0.